The SMILES string of the molecule is Cc1ccc(NC(=O)c2cccc(NS(=O)(=O)c3ccc4c(c3)OCCO4)c2)c(Cl)c1. The van der Waals surface area contributed by atoms with E-state index in [9.17, 15) is 13.2 Å². The highest BCUT2D eigenvalue weighted by atomic mass is 35.5. The van der Waals surface area contributed by atoms with Gasteiger partial charge in [-0.1, -0.05) is 23.7 Å². The van der Waals surface area contributed by atoms with Crippen LogP contribution >= 0.6 is 11.6 Å². The zero-order valence-electron chi connectivity index (χ0n) is 16.5. The molecule has 2 N–H and O–H groups in total. The van der Waals surface area contributed by atoms with Crippen molar-refractivity contribution in [1.29, 1.82) is 0 Å². The van der Waals surface area contributed by atoms with Gasteiger partial charge in [0.25, 0.3) is 15.9 Å². The fraction of sp³-hybridized carbons (Fsp3) is 0.136. The number of fused-ring (bicyclic) bond motifs is 1. The number of rotatable bonds is 5. The number of nitrogens with one attached hydrogen (secondary N) is 2. The van der Waals surface area contributed by atoms with Gasteiger partial charge in [0, 0.05) is 17.3 Å². The monoisotopic (exact) mass is 458 g/mol. The molecule has 160 valence electrons. The molecule has 1 aliphatic rings. The van der Waals surface area contributed by atoms with Gasteiger partial charge in [0.15, 0.2) is 11.5 Å². The van der Waals surface area contributed by atoms with Crippen molar-refractivity contribution in [3.8, 4) is 11.5 Å². The molecule has 3 aromatic carbocycles. The second kappa shape index (κ2) is 8.49. The topological polar surface area (TPSA) is 93.7 Å². The highest BCUT2D eigenvalue weighted by Crippen LogP contribution is 2.33. The fourth-order valence-corrected chi connectivity index (χ4v) is 4.39. The van der Waals surface area contributed by atoms with E-state index in [4.69, 9.17) is 21.1 Å². The number of amides is 1. The van der Waals surface area contributed by atoms with E-state index in [0.29, 0.717) is 35.4 Å². The van der Waals surface area contributed by atoms with Crippen molar-refractivity contribution in [2.45, 2.75) is 11.8 Å². The van der Waals surface area contributed by atoms with Crippen molar-refractivity contribution in [3.63, 3.8) is 0 Å². The predicted octanol–water partition coefficient (Wildman–Crippen LogP) is 4.47. The second-order valence-corrected chi connectivity index (χ2v) is 9.02. The van der Waals surface area contributed by atoms with E-state index < -0.39 is 15.9 Å². The number of halogens is 1. The van der Waals surface area contributed by atoms with Gasteiger partial charge in [-0.05, 0) is 55.0 Å². The third-order valence-electron chi connectivity index (χ3n) is 4.57. The van der Waals surface area contributed by atoms with Gasteiger partial charge in [0.2, 0.25) is 0 Å². The molecule has 0 fully saturated rings. The molecule has 1 amide bonds. The van der Waals surface area contributed by atoms with Crippen LogP contribution in [-0.2, 0) is 10.0 Å². The highest BCUT2D eigenvalue weighted by molar-refractivity contribution is 7.92. The van der Waals surface area contributed by atoms with E-state index in [2.05, 4.69) is 10.0 Å². The maximum Gasteiger partial charge on any atom is 0.262 e. The summed E-state index contributed by atoms with van der Waals surface area (Å²) in [5.41, 5.74) is 1.97. The first-order chi connectivity index (χ1) is 14.8. The summed E-state index contributed by atoms with van der Waals surface area (Å²) in [5.74, 6) is 0.460. The van der Waals surface area contributed by atoms with Crippen LogP contribution in [0.2, 0.25) is 5.02 Å². The van der Waals surface area contributed by atoms with E-state index in [-0.39, 0.29) is 16.1 Å². The van der Waals surface area contributed by atoms with Crippen LogP contribution in [0.1, 0.15) is 15.9 Å². The summed E-state index contributed by atoms with van der Waals surface area (Å²) >= 11 is 6.17. The van der Waals surface area contributed by atoms with Crippen LogP contribution < -0.4 is 19.5 Å². The number of benzene rings is 3. The Balaban J connectivity index is 1.53. The molecule has 1 heterocycles. The van der Waals surface area contributed by atoms with Crippen LogP contribution in [0.25, 0.3) is 0 Å². The van der Waals surface area contributed by atoms with E-state index in [0.717, 1.165) is 5.56 Å². The maximum absolute atomic E-state index is 12.8. The molecule has 0 spiro atoms. The zero-order valence-corrected chi connectivity index (χ0v) is 18.1. The zero-order chi connectivity index (χ0) is 22.0. The van der Waals surface area contributed by atoms with Gasteiger partial charge >= 0.3 is 0 Å². The largest absolute Gasteiger partial charge is 0.486 e. The van der Waals surface area contributed by atoms with Crippen LogP contribution in [0.3, 0.4) is 0 Å². The van der Waals surface area contributed by atoms with Crippen LogP contribution in [0.15, 0.2) is 65.6 Å². The summed E-state index contributed by atoms with van der Waals surface area (Å²) in [6, 6.07) is 15.9. The molecule has 0 radical (unpaired) electrons. The number of aryl methyl sites for hydroxylation is 1. The summed E-state index contributed by atoms with van der Waals surface area (Å²) < 4.78 is 39.0. The first-order valence-electron chi connectivity index (χ1n) is 9.42. The van der Waals surface area contributed by atoms with E-state index in [1.54, 1.807) is 36.4 Å². The molecule has 0 unspecified atom stereocenters. The summed E-state index contributed by atoms with van der Waals surface area (Å²) in [7, 11) is -3.90. The smallest absolute Gasteiger partial charge is 0.262 e. The predicted molar refractivity (Wildman–Crippen MR) is 119 cm³/mol. The number of carbonyl (C=O) groups is 1. The molecule has 0 saturated heterocycles. The van der Waals surface area contributed by atoms with Crippen molar-refractivity contribution in [2.75, 3.05) is 23.3 Å². The minimum atomic E-state index is -3.90. The van der Waals surface area contributed by atoms with Crippen LogP contribution in [-0.4, -0.2) is 27.5 Å². The molecule has 0 saturated carbocycles. The van der Waals surface area contributed by atoms with Gasteiger partial charge in [-0.3, -0.25) is 9.52 Å². The van der Waals surface area contributed by atoms with Crippen molar-refractivity contribution >= 4 is 38.9 Å². The number of ether oxygens (including phenoxy) is 2. The standard InChI is InChI=1S/C22H19ClN2O5S/c1-14-5-7-19(18(23)11-14)24-22(26)15-3-2-4-16(12-15)25-31(27,28)17-6-8-20-21(13-17)30-10-9-29-20/h2-8,11-13,25H,9-10H2,1H3,(H,24,26). The van der Waals surface area contributed by atoms with Crippen molar-refractivity contribution in [1.82, 2.24) is 0 Å². The molecular weight excluding hydrogens is 440 g/mol. The lowest BCUT2D eigenvalue weighted by Crippen LogP contribution is -2.18. The molecule has 0 atom stereocenters. The first-order valence-corrected chi connectivity index (χ1v) is 11.3. The number of anilines is 2. The Hall–Kier alpha value is -3.23. The Morgan fingerprint density at radius 3 is 2.52 bits per heavy atom. The maximum atomic E-state index is 12.8. The Morgan fingerprint density at radius 2 is 1.74 bits per heavy atom. The van der Waals surface area contributed by atoms with Gasteiger partial charge < -0.3 is 14.8 Å². The number of hydrogen-bond donors (Lipinski definition) is 2. The van der Waals surface area contributed by atoms with Gasteiger partial charge in [-0.15, -0.1) is 0 Å². The van der Waals surface area contributed by atoms with Crippen molar-refractivity contribution in [2.24, 2.45) is 0 Å². The third-order valence-corrected chi connectivity index (χ3v) is 6.27. The van der Waals surface area contributed by atoms with Crippen molar-refractivity contribution in [3.05, 3.63) is 76.8 Å². The molecule has 7 nitrogen and oxygen atoms in total. The molecule has 0 bridgehead atoms. The lowest BCUT2D eigenvalue weighted by Gasteiger charge is -2.19. The molecule has 4 rings (SSSR count). The number of sulfonamides is 1. The Morgan fingerprint density at radius 1 is 0.968 bits per heavy atom. The Bertz CT molecular complexity index is 1260. The van der Waals surface area contributed by atoms with Gasteiger partial charge in [-0.2, -0.15) is 0 Å². The average Bonchev–Trinajstić information content (AvgIpc) is 2.75. The lowest BCUT2D eigenvalue weighted by atomic mass is 10.1. The van der Waals surface area contributed by atoms with E-state index >= 15 is 0 Å². The van der Waals surface area contributed by atoms with Crippen LogP contribution in [0, 0.1) is 6.92 Å². The molecule has 9 heteroatoms. The van der Waals surface area contributed by atoms with E-state index in [1.807, 2.05) is 13.0 Å². The van der Waals surface area contributed by atoms with Gasteiger partial charge in [-0.25, -0.2) is 8.42 Å². The number of carbonyl (C=O) groups excluding carboxylic acids is 1. The third kappa shape index (κ3) is 4.76. The van der Waals surface area contributed by atoms with Crippen LogP contribution in [0.5, 0.6) is 11.5 Å². The summed E-state index contributed by atoms with van der Waals surface area (Å²) in [4.78, 5) is 12.6. The molecular formula is C22H19ClN2O5S. The fourth-order valence-electron chi connectivity index (χ4n) is 3.04. The molecule has 31 heavy (non-hydrogen) atoms. The lowest BCUT2D eigenvalue weighted by molar-refractivity contribution is 0.102. The summed E-state index contributed by atoms with van der Waals surface area (Å²) in [6.45, 7) is 2.67. The van der Waals surface area contributed by atoms with E-state index in [1.165, 1.54) is 18.2 Å². The number of hydrogen-bond acceptors (Lipinski definition) is 5. The highest BCUT2D eigenvalue weighted by Gasteiger charge is 2.20. The summed E-state index contributed by atoms with van der Waals surface area (Å²) in [6.07, 6.45) is 0. The molecule has 3 aromatic rings. The molecule has 0 aromatic heterocycles. The van der Waals surface area contributed by atoms with Crippen LogP contribution in [0.4, 0.5) is 11.4 Å². The average molecular weight is 459 g/mol. The Labute approximate surface area is 185 Å². The Kier molecular flexibility index (Phi) is 5.75. The van der Waals surface area contributed by atoms with Crippen molar-refractivity contribution < 1.29 is 22.7 Å². The van der Waals surface area contributed by atoms with Gasteiger partial charge in [0.05, 0.1) is 15.6 Å². The quantitative estimate of drug-likeness (QED) is 0.588. The van der Waals surface area contributed by atoms with Gasteiger partial charge in [0.1, 0.15) is 13.2 Å². The molecule has 1 aliphatic heterocycles. The summed E-state index contributed by atoms with van der Waals surface area (Å²) in [5, 5.41) is 3.15. The minimum absolute atomic E-state index is 0.0260. The second-order valence-electron chi connectivity index (χ2n) is 6.93. The minimum Gasteiger partial charge on any atom is -0.486 e. The normalized spacial score (nSPS) is 12.8. The first kappa shape index (κ1) is 21.0. The molecule has 0 aliphatic carbocycles.